The van der Waals surface area contributed by atoms with Crippen LogP contribution in [0.25, 0.3) is 10.9 Å². The van der Waals surface area contributed by atoms with Crippen LogP contribution in [0, 0.1) is 0 Å². The summed E-state index contributed by atoms with van der Waals surface area (Å²) in [7, 11) is 3.05. The maximum atomic E-state index is 12.1. The summed E-state index contributed by atoms with van der Waals surface area (Å²) in [6.45, 7) is 3.17. The minimum absolute atomic E-state index is 0.209. The summed E-state index contributed by atoms with van der Waals surface area (Å²) in [5.74, 6) is 0.233. The van der Waals surface area contributed by atoms with Crippen molar-refractivity contribution in [3.8, 4) is 0 Å². The zero-order chi connectivity index (χ0) is 13.3. The van der Waals surface area contributed by atoms with Gasteiger partial charge in [-0.2, -0.15) is 0 Å². The van der Waals surface area contributed by atoms with Crippen molar-refractivity contribution < 1.29 is 4.79 Å². The van der Waals surface area contributed by atoms with Crippen molar-refractivity contribution in [3.63, 3.8) is 0 Å². The number of rotatable bonds is 1. The Hall–Kier alpha value is -2.50. The summed E-state index contributed by atoms with van der Waals surface area (Å²) in [6, 6.07) is 6.41. The Kier molecular flexibility index (Phi) is 2.93. The lowest BCUT2D eigenvalue weighted by Crippen LogP contribution is -2.31. The standard InChI is InChI=1S/C12H12N4O2/c1-13-12(18)16(3)11-14-9-7-5-4-6-8(9)10(17)15(11)2/h4-7H,1H2,2-3H3. The topological polar surface area (TPSA) is 67.6 Å². The molecule has 0 unspecified atom stereocenters. The van der Waals surface area contributed by atoms with Crippen LogP contribution in [0.2, 0.25) is 0 Å². The Morgan fingerprint density at radius 2 is 2.11 bits per heavy atom. The Labute approximate surface area is 103 Å². The molecule has 2 rings (SSSR count). The molecule has 1 aromatic heterocycles. The van der Waals surface area contributed by atoms with E-state index < -0.39 is 6.03 Å². The monoisotopic (exact) mass is 244 g/mol. The molecule has 6 nitrogen and oxygen atoms in total. The van der Waals surface area contributed by atoms with Crippen molar-refractivity contribution in [2.45, 2.75) is 0 Å². The van der Waals surface area contributed by atoms with Gasteiger partial charge in [-0.3, -0.25) is 14.3 Å². The van der Waals surface area contributed by atoms with Crippen molar-refractivity contribution in [2.75, 3.05) is 11.9 Å². The number of carbonyl (C=O) groups excluding carboxylic acids is 1. The predicted molar refractivity (Wildman–Crippen MR) is 70.3 cm³/mol. The first-order valence-corrected chi connectivity index (χ1v) is 5.26. The van der Waals surface area contributed by atoms with Crippen LogP contribution in [0.4, 0.5) is 10.7 Å². The zero-order valence-electron chi connectivity index (χ0n) is 10.1. The van der Waals surface area contributed by atoms with E-state index in [1.165, 1.54) is 16.5 Å². The predicted octanol–water partition coefficient (Wildman–Crippen LogP) is 1.19. The lowest BCUT2D eigenvalue weighted by atomic mass is 10.2. The van der Waals surface area contributed by atoms with Gasteiger partial charge in [-0.25, -0.2) is 14.8 Å². The van der Waals surface area contributed by atoms with Gasteiger partial charge in [0.05, 0.1) is 10.9 Å². The Morgan fingerprint density at radius 1 is 1.44 bits per heavy atom. The van der Waals surface area contributed by atoms with Gasteiger partial charge in [0.1, 0.15) is 0 Å². The van der Waals surface area contributed by atoms with Crippen LogP contribution in [0.3, 0.4) is 0 Å². The third kappa shape index (κ3) is 1.77. The lowest BCUT2D eigenvalue weighted by Gasteiger charge is -2.16. The first-order valence-electron chi connectivity index (χ1n) is 5.26. The van der Waals surface area contributed by atoms with Crippen LogP contribution in [0.1, 0.15) is 0 Å². The van der Waals surface area contributed by atoms with Crippen molar-refractivity contribution in [1.29, 1.82) is 0 Å². The number of aromatic nitrogens is 2. The smallest absolute Gasteiger partial charge is 0.281 e. The van der Waals surface area contributed by atoms with Gasteiger partial charge in [0.2, 0.25) is 5.95 Å². The molecule has 2 amide bonds. The molecule has 0 radical (unpaired) electrons. The number of fused-ring (bicyclic) bond motifs is 1. The summed E-state index contributed by atoms with van der Waals surface area (Å²) in [5, 5.41) is 0.510. The molecule has 0 aliphatic heterocycles. The number of urea groups is 1. The fourth-order valence-corrected chi connectivity index (χ4v) is 1.70. The molecule has 0 bridgehead atoms. The zero-order valence-corrected chi connectivity index (χ0v) is 10.1. The van der Waals surface area contributed by atoms with Crippen LogP contribution < -0.4 is 10.5 Å². The van der Waals surface area contributed by atoms with Gasteiger partial charge in [-0.1, -0.05) is 12.1 Å². The van der Waals surface area contributed by atoms with Crippen LogP contribution in [-0.4, -0.2) is 29.3 Å². The van der Waals surface area contributed by atoms with Gasteiger partial charge < -0.3 is 0 Å². The molecule has 0 fully saturated rings. The fraction of sp³-hybridized carbons (Fsp3) is 0.167. The molecular formula is C12H12N4O2. The lowest BCUT2D eigenvalue weighted by molar-refractivity contribution is 0.255. The van der Waals surface area contributed by atoms with Crippen molar-refractivity contribution in [2.24, 2.45) is 12.0 Å². The van der Waals surface area contributed by atoms with Crippen molar-refractivity contribution in [1.82, 2.24) is 9.55 Å². The van der Waals surface area contributed by atoms with Crippen molar-refractivity contribution in [3.05, 3.63) is 34.6 Å². The molecule has 0 saturated heterocycles. The van der Waals surface area contributed by atoms with Crippen LogP contribution in [-0.2, 0) is 7.05 Å². The molecule has 2 aromatic rings. The highest BCUT2D eigenvalue weighted by molar-refractivity contribution is 5.93. The molecule has 92 valence electrons. The van der Waals surface area contributed by atoms with Crippen molar-refractivity contribution >= 4 is 29.6 Å². The molecule has 0 spiro atoms. The van der Waals surface area contributed by atoms with Gasteiger partial charge in [0, 0.05) is 14.1 Å². The average Bonchev–Trinajstić information content (AvgIpc) is 2.41. The number of nitrogens with zero attached hydrogens (tertiary/aromatic N) is 4. The summed E-state index contributed by atoms with van der Waals surface area (Å²) >= 11 is 0. The number of para-hydroxylation sites is 1. The van der Waals surface area contributed by atoms with Crippen LogP contribution >= 0.6 is 0 Å². The highest BCUT2D eigenvalue weighted by atomic mass is 16.2. The summed E-state index contributed by atoms with van der Waals surface area (Å²) in [4.78, 5) is 32.3. The first kappa shape index (κ1) is 12.0. The molecule has 0 saturated carbocycles. The number of hydrogen-bond donors (Lipinski definition) is 0. The molecule has 0 atom stereocenters. The number of anilines is 1. The Bertz CT molecular complexity index is 690. The quantitative estimate of drug-likeness (QED) is 0.707. The maximum Gasteiger partial charge on any atom is 0.349 e. The number of hydrogen-bond acceptors (Lipinski definition) is 3. The normalized spacial score (nSPS) is 10.3. The first-order chi connectivity index (χ1) is 8.56. The number of amides is 2. The summed E-state index contributed by atoms with van der Waals surface area (Å²) < 4.78 is 1.31. The number of carbonyl (C=O) groups is 1. The second kappa shape index (κ2) is 4.40. The van der Waals surface area contributed by atoms with Gasteiger partial charge in [0.15, 0.2) is 0 Å². The fourth-order valence-electron chi connectivity index (χ4n) is 1.70. The number of benzene rings is 1. The maximum absolute atomic E-state index is 12.1. The van der Waals surface area contributed by atoms with Crippen LogP contribution in [0.15, 0.2) is 34.1 Å². The largest absolute Gasteiger partial charge is 0.349 e. The Morgan fingerprint density at radius 3 is 2.78 bits per heavy atom. The SMILES string of the molecule is C=NC(=O)N(C)c1nc2ccccc2c(=O)n1C. The minimum Gasteiger partial charge on any atom is -0.281 e. The van der Waals surface area contributed by atoms with E-state index in [1.807, 2.05) is 0 Å². The van der Waals surface area contributed by atoms with Gasteiger partial charge in [0.25, 0.3) is 5.56 Å². The summed E-state index contributed by atoms with van der Waals surface area (Å²) in [6.07, 6.45) is 0. The molecular weight excluding hydrogens is 232 g/mol. The molecule has 0 aliphatic carbocycles. The number of aliphatic imine (C=N–C) groups is 1. The Balaban J connectivity index is 2.73. The summed E-state index contributed by atoms with van der Waals surface area (Å²) in [5.41, 5.74) is 0.332. The van der Waals surface area contributed by atoms with E-state index in [9.17, 15) is 9.59 Å². The van der Waals surface area contributed by atoms with Crippen LogP contribution in [0.5, 0.6) is 0 Å². The molecule has 1 heterocycles. The van der Waals surface area contributed by atoms with Gasteiger partial charge in [-0.15, -0.1) is 0 Å². The van der Waals surface area contributed by atoms with Gasteiger partial charge >= 0.3 is 6.03 Å². The average molecular weight is 244 g/mol. The third-order valence-corrected chi connectivity index (χ3v) is 2.68. The molecule has 0 aliphatic rings. The molecule has 1 aromatic carbocycles. The minimum atomic E-state index is -0.562. The van der Waals surface area contributed by atoms with Gasteiger partial charge in [-0.05, 0) is 18.9 Å². The van der Waals surface area contributed by atoms with E-state index in [0.717, 1.165) is 0 Å². The van der Waals surface area contributed by atoms with E-state index in [0.29, 0.717) is 10.9 Å². The molecule has 0 N–H and O–H groups in total. The van der Waals surface area contributed by atoms with E-state index in [1.54, 1.807) is 31.3 Å². The molecule has 6 heteroatoms. The highest BCUT2D eigenvalue weighted by Gasteiger charge is 2.15. The van der Waals surface area contributed by atoms with E-state index in [-0.39, 0.29) is 11.5 Å². The van der Waals surface area contributed by atoms with E-state index >= 15 is 0 Å². The third-order valence-electron chi connectivity index (χ3n) is 2.68. The van der Waals surface area contributed by atoms with E-state index in [2.05, 4.69) is 16.7 Å². The highest BCUT2D eigenvalue weighted by Crippen LogP contribution is 2.13. The van der Waals surface area contributed by atoms with E-state index in [4.69, 9.17) is 0 Å². The molecule has 18 heavy (non-hydrogen) atoms. The second-order valence-electron chi connectivity index (χ2n) is 3.79. The second-order valence-corrected chi connectivity index (χ2v) is 3.79.